The zero-order valence-electron chi connectivity index (χ0n) is 31.2. The van der Waals surface area contributed by atoms with Crippen molar-refractivity contribution in [1.29, 1.82) is 0 Å². The highest BCUT2D eigenvalue weighted by atomic mass is 32.2. The summed E-state index contributed by atoms with van der Waals surface area (Å²) < 4.78 is 45.1. The summed E-state index contributed by atoms with van der Waals surface area (Å²) in [4.78, 5) is 62.0. The number of nitrogens with one attached hydrogen (secondary N) is 2. The molecule has 0 bridgehead atoms. The molecule has 54 heavy (non-hydrogen) atoms. The highest BCUT2D eigenvalue weighted by Gasteiger charge is 2.61. The van der Waals surface area contributed by atoms with Crippen LogP contribution >= 0.6 is 0 Å². The number of amides is 3. The minimum atomic E-state index is -3.87. The number of pyridine rings is 1. The summed E-state index contributed by atoms with van der Waals surface area (Å²) in [6, 6.07) is 14.3. The van der Waals surface area contributed by atoms with Gasteiger partial charge in [-0.05, 0) is 81.2 Å². The Labute approximate surface area is 315 Å². The topological polar surface area (TPSA) is 170 Å². The molecule has 3 aliphatic rings. The molecule has 2 aromatic carbocycles. The number of allylic oxidation sites excluding steroid dienone is 1. The molecule has 3 fully saturated rings. The summed E-state index contributed by atoms with van der Waals surface area (Å²) in [6.45, 7) is 10.7. The molecule has 288 valence electrons. The standard InChI is InChI=1S/C40H48N4O9S/c1-7-27-21-40(27,37(47)43-54(49,50)30-14-15-30)22-33(45)32-20-29(52-35-31-16-13-28(51-6)19-26(31)17-18-41-35)23-44(32)36(46)34(42-38(48)53-39(3,4)5)24(2)25-11-9-8-10-12-25/h7-13,16-19,24,27,29-30,32,34H,1,14-15,20-23H2,2-6H3,(H,42,48)(H,43,47)/t24?,27-,29-,32+,34?,40-/m1/s1. The van der Waals surface area contributed by atoms with Crippen LogP contribution in [-0.2, 0) is 29.1 Å². The zero-order chi connectivity index (χ0) is 39.0. The Morgan fingerprint density at radius 2 is 1.81 bits per heavy atom. The van der Waals surface area contributed by atoms with Crippen LogP contribution in [0.3, 0.4) is 0 Å². The maximum absolute atomic E-state index is 14.8. The average Bonchev–Trinajstić information content (AvgIpc) is 4.06. The van der Waals surface area contributed by atoms with Crippen LogP contribution in [0.15, 0.2) is 73.4 Å². The van der Waals surface area contributed by atoms with E-state index in [1.165, 1.54) is 4.90 Å². The van der Waals surface area contributed by atoms with Crippen molar-refractivity contribution >= 4 is 44.5 Å². The predicted molar refractivity (Wildman–Crippen MR) is 201 cm³/mol. The van der Waals surface area contributed by atoms with Gasteiger partial charge in [0.25, 0.3) is 0 Å². The number of aromatic nitrogens is 1. The predicted octanol–water partition coefficient (Wildman–Crippen LogP) is 5.05. The SMILES string of the molecule is C=C[C@@H]1C[C@]1(CC(=O)[C@@H]1C[C@@H](Oc2nccc3cc(OC)ccc23)CN1C(=O)C(NC(=O)OC(C)(C)C)C(C)c1ccccc1)C(=O)NS(=O)(=O)C1CC1. The van der Waals surface area contributed by atoms with Gasteiger partial charge >= 0.3 is 6.09 Å². The van der Waals surface area contributed by atoms with Crippen LogP contribution in [0.4, 0.5) is 4.79 Å². The molecular formula is C40H48N4O9S. The van der Waals surface area contributed by atoms with Gasteiger partial charge in [0.15, 0.2) is 5.78 Å². The van der Waals surface area contributed by atoms with E-state index in [4.69, 9.17) is 14.2 Å². The quantitative estimate of drug-likeness (QED) is 0.212. The lowest BCUT2D eigenvalue weighted by Gasteiger charge is -2.32. The average molecular weight is 761 g/mol. The van der Waals surface area contributed by atoms with E-state index < -0.39 is 80.0 Å². The van der Waals surface area contributed by atoms with E-state index in [0.29, 0.717) is 29.9 Å². The fourth-order valence-electron chi connectivity index (χ4n) is 7.21. The molecule has 0 spiro atoms. The van der Waals surface area contributed by atoms with Crippen LogP contribution in [0.5, 0.6) is 11.6 Å². The Bertz CT molecular complexity index is 2050. The number of nitrogens with zero attached hydrogens (tertiary/aromatic N) is 2. The third kappa shape index (κ3) is 8.38. The van der Waals surface area contributed by atoms with Crippen molar-refractivity contribution in [3.8, 4) is 11.6 Å². The third-order valence-electron chi connectivity index (χ3n) is 10.5. The van der Waals surface area contributed by atoms with Crippen LogP contribution in [-0.4, -0.2) is 84.7 Å². The van der Waals surface area contributed by atoms with Crippen molar-refractivity contribution < 1.29 is 41.8 Å². The Hall–Kier alpha value is -4.98. The lowest BCUT2D eigenvalue weighted by molar-refractivity contribution is -0.140. The van der Waals surface area contributed by atoms with Crippen molar-refractivity contribution in [2.75, 3.05) is 13.7 Å². The number of hydrogen-bond donors (Lipinski definition) is 2. The van der Waals surface area contributed by atoms with Gasteiger partial charge in [0, 0.05) is 30.3 Å². The minimum absolute atomic E-state index is 0.0301. The molecule has 13 nitrogen and oxygen atoms in total. The monoisotopic (exact) mass is 760 g/mol. The summed E-state index contributed by atoms with van der Waals surface area (Å²) in [5.74, 6) is -1.73. The molecule has 1 aromatic heterocycles. The maximum atomic E-state index is 14.8. The number of carbonyl (C=O) groups is 4. The zero-order valence-corrected chi connectivity index (χ0v) is 32.1. The van der Waals surface area contributed by atoms with Gasteiger partial charge in [-0.15, -0.1) is 6.58 Å². The molecule has 2 unspecified atom stereocenters. The highest BCUT2D eigenvalue weighted by Crippen LogP contribution is 2.57. The van der Waals surface area contributed by atoms with Crippen LogP contribution in [0.2, 0.25) is 0 Å². The van der Waals surface area contributed by atoms with E-state index in [1.807, 2.05) is 55.5 Å². The Kier molecular flexibility index (Phi) is 10.8. The fraction of sp³-hybridized carbons (Fsp3) is 0.475. The molecule has 6 rings (SSSR count). The van der Waals surface area contributed by atoms with Gasteiger partial charge in [-0.25, -0.2) is 18.2 Å². The largest absolute Gasteiger partial charge is 0.497 e. The first-order valence-corrected chi connectivity index (χ1v) is 19.8. The smallest absolute Gasteiger partial charge is 0.408 e. The van der Waals surface area contributed by atoms with Crippen molar-refractivity contribution in [1.82, 2.24) is 19.9 Å². The van der Waals surface area contributed by atoms with Crippen molar-refractivity contribution in [3.05, 3.63) is 79.0 Å². The molecule has 0 radical (unpaired) electrons. The second-order valence-electron chi connectivity index (χ2n) is 15.5. The van der Waals surface area contributed by atoms with Crippen LogP contribution in [0, 0.1) is 11.3 Å². The number of benzene rings is 2. The first-order valence-electron chi connectivity index (χ1n) is 18.2. The van der Waals surface area contributed by atoms with E-state index in [9.17, 15) is 27.6 Å². The molecule has 3 amide bonds. The lowest BCUT2D eigenvalue weighted by atomic mass is 9.90. The molecular weight excluding hydrogens is 713 g/mol. The molecule has 1 saturated heterocycles. The van der Waals surface area contributed by atoms with Crippen molar-refractivity contribution in [2.45, 2.75) is 94.8 Å². The fourth-order valence-corrected chi connectivity index (χ4v) is 8.59. The number of rotatable bonds is 14. The molecule has 2 heterocycles. The van der Waals surface area contributed by atoms with E-state index in [0.717, 1.165) is 10.9 Å². The summed E-state index contributed by atoms with van der Waals surface area (Å²) >= 11 is 0. The number of ketones is 1. The second-order valence-corrected chi connectivity index (χ2v) is 17.5. The van der Waals surface area contributed by atoms with Gasteiger partial charge in [0.2, 0.25) is 27.7 Å². The molecule has 3 aromatic rings. The van der Waals surface area contributed by atoms with Gasteiger partial charge in [-0.2, -0.15) is 0 Å². The molecule has 2 aliphatic carbocycles. The molecule has 2 saturated carbocycles. The summed E-state index contributed by atoms with van der Waals surface area (Å²) in [5.41, 5.74) is -1.39. The Morgan fingerprint density at radius 1 is 1.09 bits per heavy atom. The van der Waals surface area contributed by atoms with Gasteiger partial charge in [0.1, 0.15) is 23.5 Å². The number of hydrogen-bond acceptors (Lipinski definition) is 10. The number of sulfonamides is 1. The van der Waals surface area contributed by atoms with Gasteiger partial charge in [-0.3, -0.25) is 19.1 Å². The van der Waals surface area contributed by atoms with Crippen molar-refractivity contribution in [2.24, 2.45) is 11.3 Å². The normalized spacial score (nSPS) is 23.5. The van der Waals surface area contributed by atoms with E-state index in [2.05, 4.69) is 21.6 Å². The lowest BCUT2D eigenvalue weighted by Crippen LogP contribution is -2.54. The van der Waals surface area contributed by atoms with E-state index >= 15 is 0 Å². The summed E-state index contributed by atoms with van der Waals surface area (Å²) in [6.07, 6.45) is 2.59. The van der Waals surface area contributed by atoms with Crippen LogP contribution in [0.25, 0.3) is 10.8 Å². The van der Waals surface area contributed by atoms with Gasteiger partial charge in [-0.1, -0.05) is 43.3 Å². The number of ether oxygens (including phenoxy) is 3. The number of carbonyl (C=O) groups excluding carboxylic acids is 4. The molecule has 14 heteroatoms. The number of fused-ring (bicyclic) bond motifs is 1. The van der Waals surface area contributed by atoms with Crippen LogP contribution in [0.1, 0.15) is 71.3 Å². The highest BCUT2D eigenvalue weighted by molar-refractivity contribution is 7.90. The van der Waals surface area contributed by atoms with Gasteiger partial charge < -0.3 is 24.4 Å². The maximum Gasteiger partial charge on any atom is 0.408 e. The number of methoxy groups -OCH3 is 1. The first kappa shape index (κ1) is 38.7. The number of Topliss-reactive ketones (excluding diaryl/α,β-unsaturated/α-hetero) is 1. The number of alkyl carbamates (subject to hydrolysis) is 1. The van der Waals surface area contributed by atoms with Crippen molar-refractivity contribution in [3.63, 3.8) is 0 Å². The van der Waals surface area contributed by atoms with Gasteiger partial charge in [0.05, 0.1) is 30.4 Å². The third-order valence-corrected chi connectivity index (χ3v) is 12.3. The minimum Gasteiger partial charge on any atom is -0.497 e. The summed E-state index contributed by atoms with van der Waals surface area (Å²) in [7, 11) is -2.30. The van der Waals surface area contributed by atoms with E-state index in [1.54, 1.807) is 46.2 Å². The number of likely N-dealkylation sites (tertiary alicyclic amines) is 1. The second kappa shape index (κ2) is 15.0. The molecule has 2 N–H and O–H groups in total. The summed E-state index contributed by atoms with van der Waals surface area (Å²) in [5, 5.41) is 3.66. The Morgan fingerprint density at radius 3 is 2.44 bits per heavy atom. The molecule has 6 atom stereocenters. The molecule has 1 aliphatic heterocycles. The van der Waals surface area contributed by atoms with Crippen LogP contribution < -0.4 is 19.5 Å². The van der Waals surface area contributed by atoms with E-state index in [-0.39, 0.29) is 25.8 Å². The first-order chi connectivity index (χ1) is 25.5. The Balaban J connectivity index is 1.32.